The normalized spacial score (nSPS) is 14.8. The Kier molecular flexibility index (Phi) is 13.8. The predicted molar refractivity (Wildman–Crippen MR) is 116 cm³/mol. The summed E-state index contributed by atoms with van der Waals surface area (Å²) >= 11 is 0. The molecule has 0 fully saturated rings. The second-order valence-corrected chi connectivity index (χ2v) is 8.50. The molecular formula is C23H41O3P. The van der Waals surface area contributed by atoms with Gasteiger partial charge in [0.2, 0.25) is 0 Å². The summed E-state index contributed by atoms with van der Waals surface area (Å²) in [5.41, 5.74) is 2.39. The van der Waals surface area contributed by atoms with Gasteiger partial charge >= 0.3 is 8.25 Å². The molecule has 0 radical (unpaired) electrons. The van der Waals surface area contributed by atoms with E-state index in [1.165, 1.54) is 50.5 Å². The van der Waals surface area contributed by atoms with Gasteiger partial charge in [-0.15, -0.1) is 0 Å². The van der Waals surface area contributed by atoms with Crippen molar-refractivity contribution in [2.75, 3.05) is 0 Å². The zero-order valence-corrected chi connectivity index (χ0v) is 18.7. The van der Waals surface area contributed by atoms with Crippen LogP contribution < -0.4 is 0 Å². The summed E-state index contributed by atoms with van der Waals surface area (Å²) in [6.45, 7) is 6.57. The summed E-state index contributed by atoms with van der Waals surface area (Å²) in [6.07, 6.45) is 14.4. The van der Waals surface area contributed by atoms with Crippen molar-refractivity contribution >= 4 is 8.25 Å². The van der Waals surface area contributed by atoms with Crippen molar-refractivity contribution in [1.82, 2.24) is 0 Å². The van der Waals surface area contributed by atoms with Crippen LogP contribution in [0, 0.1) is 5.92 Å². The van der Waals surface area contributed by atoms with Gasteiger partial charge in [-0.25, -0.2) is 0 Å². The van der Waals surface area contributed by atoms with Crippen LogP contribution in [0.2, 0.25) is 0 Å². The topological polar surface area (TPSA) is 46.5 Å². The van der Waals surface area contributed by atoms with Crippen molar-refractivity contribution in [1.29, 1.82) is 0 Å². The van der Waals surface area contributed by atoms with Gasteiger partial charge in [0.05, 0.1) is 6.10 Å². The molecule has 0 saturated carbocycles. The zero-order valence-electron chi connectivity index (χ0n) is 17.7. The predicted octanol–water partition coefficient (Wildman–Crippen LogP) is 7.64. The van der Waals surface area contributed by atoms with Crippen molar-refractivity contribution in [3.63, 3.8) is 0 Å². The molecule has 1 aromatic rings. The molecule has 3 atom stereocenters. The third-order valence-electron chi connectivity index (χ3n) is 5.49. The highest BCUT2D eigenvalue weighted by molar-refractivity contribution is 7.32. The third kappa shape index (κ3) is 10.5. The smallest absolute Gasteiger partial charge is 0.317 e. The van der Waals surface area contributed by atoms with Gasteiger partial charge in [0.1, 0.15) is 0 Å². The minimum Gasteiger partial charge on any atom is -0.326 e. The van der Waals surface area contributed by atoms with Crippen molar-refractivity contribution in [3.05, 3.63) is 35.4 Å². The van der Waals surface area contributed by atoms with E-state index in [4.69, 9.17) is 4.52 Å². The molecule has 0 amide bonds. The van der Waals surface area contributed by atoms with Gasteiger partial charge < -0.3 is 9.42 Å². The molecule has 1 N–H and O–H groups in total. The second-order valence-electron chi connectivity index (χ2n) is 7.73. The number of hydrogen-bond acceptors (Lipinski definition) is 2. The van der Waals surface area contributed by atoms with E-state index in [1.54, 1.807) is 0 Å². The first-order valence-electron chi connectivity index (χ1n) is 11.1. The van der Waals surface area contributed by atoms with Gasteiger partial charge in [-0.1, -0.05) is 103 Å². The molecular weight excluding hydrogens is 355 g/mol. The van der Waals surface area contributed by atoms with E-state index in [0.29, 0.717) is 5.92 Å². The first-order valence-corrected chi connectivity index (χ1v) is 12.4. The summed E-state index contributed by atoms with van der Waals surface area (Å²) in [7, 11) is -2.95. The average molecular weight is 397 g/mol. The van der Waals surface area contributed by atoms with Crippen LogP contribution in [0.15, 0.2) is 24.3 Å². The fourth-order valence-electron chi connectivity index (χ4n) is 3.74. The monoisotopic (exact) mass is 396 g/mol. The van der Waals surface area contributed by atoms with Gasteiger partial charge in [0.25, 0.3) is 0 Å². The highest BCUT2D eigenvalue weighted by Gasteiger charge is 2.24. The van der Waals surface area contributed by atoms with E-state index >= 15 is 0 Å². The van der Waals surface area contributed by atoms with Crippen LogP contribution in [0.1, 0.15) is 109 Å². The molecule has 0 aromatic heterocycles. The van der Waals surface area contributed by atoms with E-state index in [1.807, 2.05) is 0 Å². The Labute approximate surface area is 167 Å². The lowest BCUT2D eigenvalue weighted by Gasteiger charge is -2.26. The van der Waals surface area contributed by atoms with E-state index in [0.717, 1.165) is 37.7 Å². The largest absolute Gasteiger partial charge is 0.326 e. The van der Waals surface area contributed by atoms with Gasteiger partial charge in [0, 0.05) is 0 Å². The first-order chi connectivity index (χ1) is 13.1. The van der Waals surface area contributed by atoms with Gasteiger partial charge in [-0.3, -0.25) is 4.57 Å². The quantitative estimate of drug-likeness (QED) is 0.231. The van der Waals surface area contributed by atoms with Gasteiger partial charge in [-0.2, -0.15) is 0 Å². The van der Waals surface area contributed by atoms with Gasteiger partial charge in [-0.05, 0) is 36.3 Å². The molecule has 1 rings (SSSR count). The molecule has 0 saturated heterocycles. The van der Waals surface area contributed by atoms with Crippen molar-refractivity contribution in [2.45, 2.75) is 104 Å². The highest BCUT2D eigenvalue weighted by Crippen LogP contribution is 2.38. The Morgan fingerprint density at radius 3 is 2.04 bits per heavy atom. The minimum absolute atomic E-state index is 0.273. The Bertz CT molecular complexity index is 501. The number of hydrogen-bond donors (Lipinski definition) is 1. The molecule has 3 nitrogen and oxygen atoms in total. The Balaban J connectivity index is 2.57. The van der Waals surface area contributed by atoms with Crippen molar-refractivity contribution in [3.8, 4) is 0 Å². The lowest BCUT2D eigenvalue weighted by Crippen LogP contribution is -2.14. The summed E-state index contributed by atoms with van der Waals surface area (Å²) in [5.74, 6) is 0.292. The molecule has 0 aliphatic carbocycles. The first kappa shape index (κ1) is 24.4. The maximum atomic E-state index is 11.4. The molecule has 156 valence electrons. The Morgan fingerprint density at radius 2 is 1.48 bits per heavy atom. The molecule has 0 bridgehead atoms. The number of benzene rings is 1. The molecule has 1 aromatic carbocycles. The highest BCUT2D eigenvalue weighted by atomic mass is 31.1. The number of rotatable bonds is 16. The SMILES string of the molecule is CCCCCCCCCc1ccc(C(O[PH](=O)O)C(CC)CCCC)cc1. The zero-order chi connectivity index (χ0) is 19.9. The van der Waals surface area contributed by atoms with Crippen LogP contribution in [-0.4, -0.2) is 4.89 Å². The van der Waals surface area contributed by atoms with E-state index in [-0.39, 0.29) is 6.10 Å². The number of unbranched alkanes of at least 4 members (excludes halogenated alkanes) is 7. The van der Waals surface area contributed by atoms with Crippen LogP contribution in [0.4, 0.5) is 0 Å². The molecule has 27 heavy (non-hydrogen) atoms. The summed E-state index contributed by atoms with van der Waals surface area (Å²) in [6, 6.07) is 8.54. The van der Waals surface area contributed by atoms with Crippen molar-refractivity contribution < 1.29 is 14.0 Å². The molecule has 0 aliphatic rings. The lowest BCUT2D eigenvalue weighted by atomic mass is 9.88. The Morgan fingerprint density at radius 1 is 0.889 bits per heavy atom. The fourth-order valence-corrected chi connectivity index (χ4v) is 4.29. The standard InChI is InChI=1S/C23H41O3P/c1-4-7-9-10-11-12-13-14-20-16-18-22(19-17-20)23(26-27(24)25)21(6-3)15-8-5-2/h16-19,21,23,27H,4-15H2,1-3H3,(H,24,25). The average Bonchev–Trinajstić information content (AvgIpc) is 2.67. The molecule has 3 unspecified atom stereocenters. The number of aryl methyl sites for hydroxylation is 1. The van der Waals surface area contributed by atoms with Crippen LogP contribution in [-0.2, 0) is 15.5 Å². The Hall–Kier alpha value is -0.630. The van der Waals surface area contributed by atoms with Gasteiger partial charge in [0.15, 0.2) is 0 Å². The molecule has 0 heterocycles. The lowest BCUT2D eigenvalue weighted by molar-refractivity contribution is 0.118. The summed E-state index contributed by atoms with van der Waals surface area (Å²) in [5, 5.41) is 0. The van der Waals surface area contributed by atoms with Crippen molar-refractivity contribution in [2.24, 2.45) is 5.92 Å². The minimum atomic E-state index is -2.95. The van der Waals surface area contributed by atoms with Crippen LogP contribution in [0.3, 0.4) is 0 Å². The summed E-state index contributed by atoms with van der Waals surface area (Å²) < 4.78 is 16.8. The van der Waals surface area contributed by atoms with E-state index in [2.05, 4.69) is 45.0 Å². The van der Waals surface area contributed by atoms with E-state index < -0.39 is 8.25 Å². The third-order valence-corrected chi connectivity index (χ3v) is 5.94. The maximum absolute atomic E-state index is 11.4. The molecule has 0 spiro atoms. The maximum Gasteiger partial charge on any atom is 0.317 e. The van der Waals surface area contributed by atoms with Crippen LogP contribution >= 0.6 is 8.25 Å². The van der Waals surface area contributed by atoms with E-state index in [9.17, 15) is 9.46 Å². The van der Waals surface area contributed by atoms with Crippen LogP contribution in [0.25, 0.3) is 0 Å². The second kappa shape index (κ2) is 15.3. The summed E-state index contributed by atoms with van der Waals surface area (Å²) in [4.78, 5) is 9.35. The molecule has 0 aliphatic heterocycles. The molecule has 4 heteroatoms. The fraction of sp³-hybridized carbons (Fsp3) is 0.739. The van der Waals surface area contributed by atoms with Crippen LogP contribution in [0.5, 0.6) is 0 Å².